The molecule has 96 valence electrons. The number of carboxylic acids is 1. The van der Waals surface area contributed by atoms with Gasteiger partial charge in [-0.15, -0.1) is 0 Å². The van der Waals surface area contributed by atoms with Crippen molar-refractivity contribution in [2.24, 2.45) is 0 Å². The van der Waals surface area contributed by atoms with E-state index in [-0.39, 0.29) is 6.42 Å². The molecule has 0 spiro atoms. The van der Waals surface area contributed by atoms with E-state index in [0.29, 0.717) is 0 Å². The minimum Gasteiger partial charge on any atom is -0.481 e. The van der Waals surface area contributed by atoms with Crippen LogP contribution in [0.2, 0.25) is 0 Å². The minimum atomic E-state index is -0.803. The second-order valence-corrected chi connectivity index (χ2v) is 4.39. The highest BCUT2D eigenvalue weighted by molar-refractivity contribution is 5.72. The lowest BCUT2D eigenvalue weighted by atomic mass is 10.0. The molecule has 19 heavy (non-hydrogen) atoms. The molecule has 2 rings (SSSR count). The van der Waals surface area contributed by atoms with E-state index in [9.17, 15) is 4.79 Å². The normalized spacial score (nSPS) is 10.8. The van der Waals surface area contributed by atoms with Crippen LogP contribution in [0.25, 0.3) is 17.2 Å². The molecule has 0 saturated heterocycles. The third kappa shape index (κ3) is 3.55. The predicted octanol–water partition coefficient (Wildman–Crippen LogP) is 4.01. The third-order valence-corrected chi connectivity index (χ3v) is 2.89. The van der Waals surface area contributed by atoms with Crippen LogP contribution in [0, 0.1) is 0 Å². The highest BCUT2D eigenvalue weighted by Gasteiger charge is 2.02. The molecule has 0 amide bonds. The zero-order valence-corrected chi connectivity index (χ0v) is 10.8. The number of rotatable bonds is 4. The van der Waals surface area contributed by atoms with E-state index in [2.05, 4.69) is 24.3 Å². The largest absolute Gasteiger partial charge is 0.481 e. The predicted molar refractivity (Wildman–Crippen MR) is 77.9 cm³/mol. The summed E-state index contributed by atoms with van der Waals surface area (Å²) in [5.74, 6) is -0.803. The second kappa shape index (κ2) is 6.01. The van der Waals surface area contributed by atoms with Crippen LogP contribution in [0.1, 0.15) is 18.1 Å². The maximum atomic E-state index is 10.6. The first kappa shape index (κ1) is 13.1. The fourth-order valence-corrected chi connectivity index (χ4v) is 2.00. The van der Waals surface area contributed by atoms with Gasteiger partial charge in [-0.2, -0.15) is 0 Å². The number of allylic oxidation sites excluding steroid dienone is 1. The van der Waals surface area contributed by atoms with Crippen molar-refractivity contribution in [1.29, 1.82) is 0 Å². The fourth-order valence-electron chi connectivity index (χ4n) is 2.00. The number of carbonyl (C=O) groups is 1. The Morgan fingerprint density at radius 3 is 2.47 bits per heavy atom. The van der Waals surface area contributed by atoms with Gasteiger partial charge in [0.15, 0.2) is 0 Å². The first-order valence-corrected chi connectivity index (χ1v) is 6.23. The third-order valence-electron chi connectivity index (χ3n) is 2.89. The smallest absolute Gasteiger partial charge is 0.307 e. The van der Waals surface area contributed by atoms with Gasteiger partial charge < -0.3 is 5.11 Å². The summed E-state index contributed by atoms with van der Waals surface area (Å²) in [6.45, 7) is 1.99. The van der Waals surface area contributed by atoms with E-state index in [1.165, 1.54) is 0 Å². The quantitative estimate of drug-likeness (QED) is 0.892. The number of hydrogen-bond acceptors (Lipinski definition) is 1. The molecule has 2 heteroatoms. The average Bonchev–Trinajstić information content (AvgIpc) is 2.40. The summed E-state index contributed by atoms with van der Waals surface area (Å²) >= 11 is 0. The molecular formula is C17H16O2. The second-order valence-electron chi connectivity index (χ2n) is 4.39. The van der Waals surface area contributed by atoms with Gasteiger partial charge in [-0.1, -0.05) is 54.6 Å². The zero-order chi connectivity index (χ0) is 13.7. The molecule has 1 N–H and O–H groups in total. The Morgan fingerprint density at radius 1 is 1.11 bits per heavy atom. The van der Waals surface area contributed by atoms with Crippen molar-refractivity contribution in [3.05, 3.63) is 65.7 Å². The molecule has 2 aromatic carbocycles. The molecule has 0 fully saturated rings. The van der Waals surface area contributed by atoms with Crippen LogP contribution in [0.4, 0.5) is 0 Å². The first-order chi connectivity index (χ1) is 9.19. The van der Waals surface area contributed by atoms with Gasteiger partial charge in [0.1, 0.15) is 0 Å². The van der Waals surface area contributed by atoms with E-state index in [4.69, 9.17) is 5.11 Å². The first-order valence-electron chi connectivity index (χ1n) is 6.23. The van der Waals surface area contributed by atoms with Crippen molar-refractivity contribution in [1.82, 2.24) is 0 Å². The van der Waals surface area contributed by atoms with Crippen molar-refractivity contribution in [2.75, 3.05) is 0 Å². The molecule has 0 unspecified atom stereocenters. The monoisotopic (exact) mass is 252 g/mol. The van der Waals surface area contributed by atoms with Crippen LogP contribution in [0.15, 0.2) is 54.6 Å². The van der Waals surface area contributed by atoms with E-state index in [1.54, 1.807) is 0 Å². The number of benzene rings is 2. The van der Waals surface area contributed by atoms with Crippen LogP contribution in [0.5, 0.6) is 0 Å². The molecule has 2 nitrogen and oxygen atoms in total. The van der Waals surface area contributed by atoms with Crippen molar-refractivity contribution < 1.29 is 9.90 Å². The van der Waals surface area contributed by atoms with Crippen LogP contribution in [-0.2, 0) is 11.2 Å². The Bertz CT molecular complexity index is 595. The van der Waals surface area contributed by atoms with Gasteiger partial charge in [0.05, 0.1) is 6.42 Å². The van der Waals surface area contributed by atoms with Gasteiger partial charge in [-0.05, 0) is 35.2 Å². The number of hydrogen-bond donors (Lipinski definition) is 1. The van der Waals surface area contributed by atoms with Gasteiger partial charge in [0.2, 0.25) is 0 Å². The highest BCUT2D eigenvalue weighted by atomic mass is 16.4. The summed E-state index contributed by atoms with van der Waals surface area (Å²) in [5.41, 5.74) is 4.22. The summed E-state index contributed by atoms with van der Waals surface area (Å²) in [5, 5.41) is 8.74. The minimum absolute atomic E-state index is 0.0683. The Hall–Kier alpha value is -2.35. The lowest BCUT2D eigenvalue weighted by Gasteiger charge is -2.04. The topological polar surface area (TPSA) is 37.3 Å². The molecule has 0 atom stereocenters. The zero-order valence-electron chi connectivity index (χ0n) is 10.8. The van der Waals surface area contributed by atoms with Crippen molar-refractivity contribution in [3.8, 4) is 11.1 Å². The Kier molecular flexibility index (Phi) is 4.14. The van der Waals surface area contributed by atoms with Gasteiger partial charge in [-0.25, -0.2) is 0 Å². The van der Waals surface area contributed by atoms with Crippen LogP contribution in [0.3, 0.4) is 0 Å². The summed E-state index contributed by atoms with van der Waals surface area (Å²) in [4.78, 5) is 10.6. The van der Waals surface area contributed by atoms with E-state index in [0.717, 1.165) is 22.3 Å². The Morgan fingerprint density at radius 2 is 1.84 bits per heavy atom. The van der Waals surface area contributed by atoms with Crippen LogP contribution < -0.4 is 0 Å². The van der Waals surface area contributed by atoms with Crippen LogP contribution in [-0.4, -0.2) is 11.1 Å². The van der Waals surface area contributed by atoms with E-state index in [1.807, 2.05) is 43.3 Å². The molecule has 0 aliphatic rings. The number of aliphatic carboxylic acids is 1. The number of carboxylic acid groups (broad SMARTS) is 1. The van der Waals surface area contributed by atoms with Gasteiger partial charge >= 0.3 is 5.97 Å². The maximum absolute atomic E-state index is 10.6. The summed E-state index contributed by atoms with van der Waals surface area (Å²) in [7, 11) is 0. The lowest BCUT2D eigenvalue weighted by Crippen LogP contribution is -1.99. The summed E-state index contributed by atoms with van der Waals surface area (Å²) in [6, 6.07) is 15.9. The van der Waals surface area contributed by atoms with Crippen molar-refractivity contribution >= 4 is 12.0 Å². The van der Waals surface area contributed by atoms with Gasteiger partial charge in [0, 0.05) is 0 Å². The van der Waals surface area contributed by atoms with Crippen LogP contribution >= 0.6 is 0 Å². The molecule has 0 heterocycles. The molecule has 0 aliphatic heterocycles. The Balaban J connectivity index is 2.26. The summed E-state index contributed by atoms with van der Waals surface area (Å²) in [6.07, 6.45) is 4.14. The van der Waals surface area contributed by atoms with Crippen molar-refractivity contribution in [3.63, 3.8) is 0 Å². The Labute approximate surface area is 113 Å². The maximum Gasteiger partial charge on any atom is 0.307 e. The molecule has 0 radical (unpaired) electrons. The average molecular weight is 252 g/mol. The molecule has 0 aliphatic carbocycles. The fraction of sp³-hybridized carbons (Fsp3) is 0.118. The molecule has 0 bridgehead atoms. The molecule has 0 saturated carbocycles. The molecule has 2 aromatic rings. The molecule has 0 aromatic heterocycles. The SMILES string of the molecule is C/C=C/c1cccc(-c2ccc(CC(=O)O)cc2)c1. The van der Waals surface area contributed by atoms with E-state index >= 15 is 0 Å². The van der Waals surface area contributed by atoms with Crippen molar-refractivity contribution in [2.45, 2.75) is 13.3 Å². The highest BCUT2D eigenvalue weighted by Crippen LogP contribution is 2.21. The van der Waals surface area contributed by atoms with Gasteiger partial charge in [0.25, 0.3) is 0 Å². The van der Waals surface area contributed by atoms with Gasteiger partial charge in [-0.3, -0.25) is 4.79 Å². The lowest BCUT2D eigenvalue weighted by molar-refractivity contribution is -0.136. The van der Waals surface area contributed by atoms with E-state index < -0.39 is 5.97 Å². The standard InChI is InChI=1S/C17H16O2/c1-2-4-13-5-3-6-16(11-13)15-9-7-14(8-10-15)12-17(18)19/h2-11H,12H2,1H3,(H,18,19)/b4-2+. The summed E-state index contributed by atoms with van der Waals surface area (Å²) < 4.78 is 0. The molecular weight excluding hydrogens is 236 g/mol.